The minimum absolute atomic E-state index is 0.318. The van der Waals surface area contributed by atoms with Gasteiger partial charge in [0.2, 0.25) is 0 Å². The molecule has 30 heavy (non-hydrogen) atoms. The van der Waals surface area contributed by atoms with Crippen LogP contribution in [0.4, 0.5) is 17.1 Å². The molecule has 164 valence electrons. The molecule has 0 aliphatic carbocycles. The topological polar surface area (TPSA) is 79.6 Å². The fourth-order valence-electron chi connectivity index (χ4n) is 3.12. The Bertz CT molecular complexity index is 830. The van der Waals surface area contributed by atoms with Crippen molar-refractivity contribution in [3.05, 3.63) is 52.5 Å². The molecule has 0 radical (unpaired) electrons. The first-order valence-electron chi connectivity index (χ1n) is 10.2. The minimum Gasteiger partial charge on any atom is -0.462 e. The predicted molar refractivity (Wildman–Crippen MR) is 126 cm³/mol. The molecule has 1 saturated heterocycles. The summed E-state index contributed by atoms with van der Waals surface area (Å²) in [6.07, 6.45) is 0. The first kappa shape index (κ1) is 23.8. The second kappa shape index (κ2) is 11.1. The SMILES string of the molecule is CC(C)(C)OC=O.Cc1ccc(N2CCNCC2)c(N)c1NCc1cccc(Cl)c1. The Kier molecular flexibility index (Phi) is 8.81. The first-order chi connectivity index (χ1) is 14.2. The summed E-state index contributed by atoms with van der Waals surface area (Å²) >= 11 is 6.05. The molecule has 1 aliphatic heterocycles. The number of rotatable bonds is 5. The third-order valence-corrected chi connectivity index (χ3v) is 4.88. The van der Waals surface area contributed by atoms with E-state index in [1.54, 1.807) is 0 Å². The molecule has 0 spiro atoms. The molecule has 0 saturated carbocycles. The number of halogens is 1. The van der Waals surface area contributed by atoms with Gasteiger partial charge in [-0.05, 0) is 57.0 Å². The number of benzene rings is 2. The number of nitrogen functional groups attached to an aromatic ring is 1. The van der Waals surface area contributed by atoms with Crippen molar-refractivity contribution in [3.63, 3.8) is 0 Å². The zero-order valence-electron chi connectivity index (χ0n) is 18.3. The Hall–Kier alpha value is -2.44. The molecular weight excluding hydrogens is 400 g/mol. The van der Waals surface area contributed by atoms with E-state index in [2.05, 4.69) is 45.4 Å². The molecule has 1 aliphatic rings. The molecule has 1 heterocycles. The Labute approximate surface area is 184 Å². The van der Waals surface area contributed by atoms with Gasteiger partial charge >= 0.3 is 0 Å². The van der Waals surface area contributed by atoms with Crippen LogP contribution in [0, 0.1) is 6.92 Å². The maximum absolute atomic E-state index is 9.60. The summed E-state index contributed by atoms with van der Waals surface area (Å²) < 4.78 is 4.55. The lowest BCUT2D eigenvalue weighted by molar-refractivity contribution is -0.138. The van der Waals surface area contributed by atoms with Crippen LogP contribution in [0.5, 0.6) is 0 Å². The van der Waals surface area contributed by atoms with E-state index in [1.165, 1.54) is 0 Å². The van der Waals surface area contributed by atoms with Gasteiger partial charge in [0, 0.05) is 37.7 Å². The van der Waals surface area contributed by atoms with E-state index in [0.29, 0.717) is 13.0 Å². The second-order valence-corrected chi connectivity index (χ2v) is 8.67. The third-order valence-electron chi connectivity index (χ3n) is 4.65. The lowest BCUT2D eigenvalue weighted by Crippen LogP contribution is -2.43. The largest absolute Gasteiger partial charge is 0.462 e. The van der Waals surface area contributed by atoms with Crippen molar-refractivity contribution < 1.29 is 9.53 Å². The highest BCUT2D eigenvalue weighted by atomic mass is 35.5. The summed E-state index contributed by atoms with van der Waals surface area (Å²) in [5, 5.41) is 7.60. The fourth-order valence-corrected chi connectivity index (χ4v) is 3.33. The normalized spacial score (nSPS) is 13.8. The van der Waals surface area contributed by atoms with Gasteiger partial charge in [-0.1, -0.05) is 29.8 Å². The number of ether oxygens (including phenoxy) is 1. The van der Waals surface area contributed by atoms with Crippen LogP contribution in [0.15, 0.2) is 36.4 Å². The molecule has 3 rings (SSSR count). The van der Waals surface area contributed by atoms with Crippen molar-refractivity contribution in [3.8, 4) is 0 Å². The molecule has 0 bridgehead atoms. The summed E-state index contributed by atoms with van der Waals surface area (Å²) in [5.74, 6) is 0. The van der Waals surface area contributed by atoms with Crippen molar-refractivity contribution in [2.24, 2.45) is 0 Å². The van der Waals surface area contributed by atoms with Crippen LogP contribution >= 0.6 is 11.6 Å². The minimum atomic E-state index is -0.318. The fraction of sp³-hybridized carbons (Fsp3) is 0.435. The van der Waals surface area contributed by atoms with E-state index in [4.69, 9.17) is 17.3 Å². The van der Waals surface area contributed by atoms with Gasteiger partial charge in [0.15, 0.2) is 0 Å². The smallest absolute Gasteiger partial charge is 0.293 e. The number of anilines is 3. The van der Waals surface area contributed by atoms with E-state index < -0.39 is 0 Å². The van der Waals surface area contributed by atoms with Crippen LogP contribution in [0.3, 0.4) is 0 Å². The monoisotopic (exact) mass is 432 g/mol. The number of hydrogen-bond donors (Lipinski definition) is 3. The van der Waals surface area contributed by atoms with Crippen molar-refractivity contribution >= 4 is 35.1 Å². The molecule has 1 fully saturated rings. The van der Waals surface area contributed by atoms with Crippen LogP contribution in [0.25, 0.3) is 0 Å². The highest BCUT2D eigenvalue weighted by Crippen LogP contribution is 2.34. The van der Waals surface area contributed by atoms with Gasteiger partial charge in [0.1, 0.15) is 5.60 Å². The summed E-state index contributed by atoms with van der Waals surface area (Å²) in [6.45, 7) is 12.7. The highest BCUT2D eigenvalue weighted by molar-refractivity contribution is 6.30. The van der Waals surface area contributed by atoms with Crippen LogP contribution in [0.2, 0.25) is 5.02 Å². The Morgan fingerprint density at radius 2 is 1.93 bits per heavy atom. The quantitative estimate of drug-likeness (QED) is 0.485. The Balaban J connectivity index is 0.000000396. The van der Waals surface area contributed by atoms with Gasteiger partial charge in [0.25, 0.3) is 6.47 Å². The maximum Gasteiger partial charge on any atom is 0.293 e. The summed E-state index contributed by atoms with van der Waals surface area (Å²) in [4.78, 5) is 11.9. The number of aryl methyl sites for hydroxylation is 1. The van der Waals surface area contributed by atoms with Crippen molar-refractivity contribution in [1.82, 2.24) is 5.32 Å². The molecular formula is C23H33ClN4O2. The van der Waals surface area contributed by atoms with Crippen LogP contribution in [-0.2, 0) is 16.1 Å². The average molecular weight is 433 g/mol. The lowest BCUT2D eigenvalue weighted by atomic mass is 10.1. The summed E-state index contributed by atoms with van der Waals surface area (Å²) in [6, 6.07) is 12.1. The number of nitrogens with two attached hydrogens (primary N) is 1. The first-order valence-corrected chi connectivity index (χ1v) is 10.5. The number of nitrogens with one attached hydrogen (secondary N) is 2. The molecule has 2 aromatic carbocycles. The molecule has 4 N–H and O–H groups in total. The third kappa shape index (κ3) is 7.43. The molecule has 0 unspecified atom stereocenters. The molecule has 6 nitrogen and oxygen atoms in total. The summed E-state index contributed by atoms with van der Waals surface area (Å²) in [5.41, 5.74) is 11.4. The van der Waals surface area contributed by atoms with Crippen molar-refractivity contribution in [2.75, 3.05) is 42.1 Å². The zero-order valence-corrected chi connectivity index (χ0v) is 19.1. The van der Waals surface area contributed by atoms with E-state index in [1.807, 2.05) is 39.0 Å². The van der Waals surface area contributed by atoms with Crippen molar-refractivity contribution in [1.29, 1.82) is 0 Å². The molecule has 0 aromatic heterocycles. The average Bonchev–Trinajstić information content (AvgIpc) is 2.68. The number of carbonyl (C=O) groups is 1. The Morgan fingerprint density at radius 3 is 2.50 bits per heavy atom. The number of nitrogens with zero attached hydrogens (tertiary/aromatic N) is 1. The molecule has 7 heteroatoms. The van der Waals surface area contributed by atoms with E-state index >= 15 is 0 Å². The molecule has 0 amide bonds. The summed E-state index contributed by atoms with van der Waals surface area (Å²) in [7, 11) is 0. The van der Waals surface area contributed by atoms with Crippen LogP contribution < -0.4 is 21.3 Å². The van der Waals surface area contributed by atoms with Crippen LogP contribution in [0.1, 0.15) is 31.9 Å². The van der Waals surface area contributed by atoms with Gasteiger partial charge in [-0.25, -0.2) is 0 Å². The van der Waals surface area contributed by atoms with Gasteiger partial charge in [-0.15, -0.1) is 0 Å². The van der Waals surface area contributed by atoms with Gasteiger partial charge in [-0.3, -0.25) is 4.79 Å². The number of piperazine rings is 1. The van der Waals surface area contributed by atoms with Crippen LogP contribution in [-0.4, -0.2) is 38.3 Å². The molecule has 0 atom stereocenters. The zero-order chi connectivity index (χ0) is 22.1. The van der Waals surface area contributed by atoms with Gasteiger partial charge < -0.3 is 26.0 Å². The highest BCUT2D eigenvalue weighted by Gasteiger charge is 2.16. The molecule has 2 aromatic rings. The van der Waals surface area contributed by atoms with E-state index in [-0.39, 0.29) is 5.60 Å². The standard InChI is InChI=1S/C18H23ClN4.C5H10O2/c1-13-5-6-16(23-9-7-21-8-10-23)17(20)18(13)22-12-14-3-2-4-15(19)11-14;1-5(2,3)7-4-6/h2-6,11,21-22H,7-10,12,20H2,1H3;4H,1-3H3. The van der Waals surface area contributed by atoms with E-state index in [9.17, 15) is 4.79 Å². The van der Waals surface area contributed by atoms with Gasteiger partial charge in [-0.2, -0.15) is 0 Å². The predicted octanol–water partition coefficient (Wildman–Crippen LogP) is 4.21. The second-order valence-electron chi connectivity index (χ2n) is 8.24. The van der Waals surface area contributed by atoms with E-state index in [0.717, 1.165) is 59.4 Å². The van der Waals surface area contributed by atoms with Gasteiger partial charge in [0.05, 0.1) is 17.1 Å². The lowest BCUT2D eigenvalue weighted by Gasteiger charge is -2.31. The number of hydrogen-bond acceptors (Lipinski definition) is 6. The Morgan fingerprint density at radius 1 is 1.23 bits per heavy atom. The number of carbonyl (C=O) groups excluding carboxylic acids is 1. The van der Waals surface area contributed by atoms with Crippen molar-refractivity contribution in [2.45, 2.75) is 39.8 Å². The maximum atomic E-state index is 9.60.